The summed E-state index contributed by atoms with van der Waals surface area (Å²) in [6.45, 7) is 0.935. The number of nitrogens with one attached hydrogen (secondary N) is 1. The van der Waals surface area contributed by atoms with Crippen LogP contribution in [0.4, 0.5) is 14.6 Å². The lowest BCUT2D eigenvalue weighted by molar-refractivity contribution is 0.0697. The predicted octanol–water partition coefficient (Wildman–Crippen LogP) is 2.86. The van der Waals surface area contributed by atoms with Crippen LogP contribution >= 0.6 is 0 Å². The molecule has 0 saturated carbocycles. The lowest BCUT2D eigenvalue weighted by atomic mass is 10.1. The van der Waals surface area contributed by atoms with E-state index in [1.807, 2.05) is 0 Å². The third-order valence-electron chi connectivity index (χ3n) is 6.25. The van der Waals surface area contributed by atoms with Gasteiger partial charge < -0.3 is 36.1 Å². The van der Waals surface area contributed by atoms with Crippen LogP contribution < -0.4 is 20.9 Å². The number of amidine groups is 2. The van der Waals surface area contributed by atoms with Gasteiger partial charge in [0, 0.05) is 30.2 Å². The Morgan fingerprint density at radius 2 is 1.89 bits per heavy atom. The number of nitrogen functional groups attached to an aromatic ring is 2. The van der Waals surface area contributed by atoms with Gasteiger partial charge in [-0.25, -0.2) is 28.3 Å². The molecule has 0 aliphatic carbocycles. The maximum Gasteiger partial charge on any atom is 0.341 e. The van der Waals surface area contributed by atoms with E-state index in [0.29, 0.717) is 25.1 Å². The number of aromatic nitrogens is 3. The summed E-state index contributed by atoms with van der Waals surface area (Å²) in [4.78, 5) is 28.9. The van der Waals surface area contributed by atoms with E-state index in [-0.39, 0.29) is 49.9 Å². The third kappa shape index (κ3) is 5.80. The summed E-state index contributed by atoms with van der Waals surface area (Å²) in [6, 6.07) is 7.78. The normalized spacial score (nSPS) is 13.3. The van der Waals surface area contributed by atoms with Gasteiger partial charge in [0.25, 0.3) is 5.88 Å². The number of anilines is 1. The lowest BCUT2D eigenvalue weighted by Gasteiger charge is -2.19. The second kappa shape index (κ2) is 11.9. The number of ether oxygens (including phenoxy) is 2. The van der Waals surface area contributed by atoms with Crippen molar-refractivity contribution >= 4 is 34.3 Å². The molecule has 5 rings (SSSR count). The summed E-state index contributed by atoms with van der Waals surface area (Å²) in [7, 11) is -0.317. The van der Waals surface area contributed by atoms with Crippen LogP contribution in [0.5, 0.6) is 28.9 Å². The van der Waals surface area contributed by atoms with Crippen molar-refractivity contribution in [1.29, 1.82) is 5.41 Å². The van der Waals surface area contributed by atoms with Gasteiger partial charge in [0.1, 0.15) is 39.6 Å². The smallest absolute Gasteiger partial charge is 0.341 e. The second-order valence-electron chi connectivity index (χ2n) is 9.16. The van der Waals surface area contributed by atoms with E-state index in [0.717, 1.165) is 6.20 Å². The van der Waals surface area contributed by atoms with Crippen molar-refractivity contribution in [3.05, 3.63) is 77.1 Å². The minimum absolute atomic E-state index is 0.0729. The van der Waals surface area contributed by atoms with Gasteiger partial charge in [-0.1, -0.05) is 0 Å². The number of carboxylic acid groups (broad SMARTS) is 1. The fraction of sp³-hybridized carbons (Fsp3) is 0.111. The second-order valence-corrected chi connectivity index (χ2v) is 10.5. The monoisotopic (exact) mass is 624 g/mol. The molecule has 17 heteroatoms. The number of halogens is 2. The van der Waals surface area contributed by atoms with Crippen LogP contribution in [-0.2, 0) is 10.8 Å². The van der Waals surface area contributed by atoms with Crippen molar-refractivity contribution in [2.45, 2.75) is 10.1 Å². The number of aromatic hydroxyl groups is 1. The van der Waals surface area contributed by atoms with Gasteiger partial charge >= 0.3 is 5.97 Å². The molecule has 1 unspecified atom stereocenters. The van der Waals surface area contributed by atoms with Crippen molar-refractivity contribution in [2.75, 3.05) is 25.9 Å². The molecular formula is C27H22F2N8O6S. The lowest BCUT2D eigenvalue weighted by Crippen LogP contribution is -2.24. The molecule has 0 spiro atoms. The van der Waals surface area contributed by atoms with Crippen LogP contribution in [0.15, 0.2) is 63.8 Å². The number of aromatic carboxylic acids is 1. The summed E-state index contributed by atoms with van der Waals surface area (Å²) in [6.07, 6.45) is 1.60. The molecule has 1 aliphatic heterocycles. The SMILES string of the molecule is CN1CCN=C1c1cc(S(=O)c2ncc(C(=O)O)c(N)n2)ccc1Oc1c(F)cnc(Oc2cc(C(=N)N)ccc2O)c1F. The summed E-state index contributed by atoms with van der Waals surface area (Å²) >= 11 is 0. The van der Waals surface area contributed by atoms with E-state index in [1.165, 1.54) is 36.4 Å². The molecular weight excluding hydrogens is 602 g/mol. The molecule has 1 atom stereocenters. The number of benzene rings is 2. The minimum atomic E-state index is -2.05. The highest BCUT2D eigenvalue weighted by Crippen LogP contribution is 2.38. The fourth-order valence-corrected chi connectivity index (χ4v) is 4.98. The van der Waals surface area contributed by atoms with E-state index in [2.05, 4.69) is 19.9 Å². The molecule has 7 N–H and O–H groups in total. The zero-order valence-corrected chi connectivity index (χ0v) is 23.4. The highest BCUT2D eigenvalue weighted by Gasteiger charge is 2.26. The first kappa shape index (κ1) is 29.8. The average Bonchev–Trinajstić information content (AvgIpc) is 3.42. The van der Waals surface area contributed by atoms with E-state index >= 15 is 4.39 Å². The number of hydrogen-bond donors (Lipinski definition) is 5. The molecule has 2 aromatic heterocycles. The molecule has 44 heavy (non-hydrogen) atoms. The Hall–Kier alpha value is -5.71. The molecule has 0 amide bonds. The topological polar surface area (TPSA) is 223 Å². The highest BCUT2D eigenvalue weighted by atomic mass is 32.2. The molecule has 2 aromatic carbocycles. The Balaban J connectivity index is 1.52. The summed E-state index contributed by atoms with van der Waals surface area (Å²) in [5, 5.41) is 26.6. The van der Waals surface area contributed by atoms with E-state index in [4.69, 9.17) is 31.5 Å². The van der Waals surface area contributed by atoms with Crippen LogP contribution in [-0.4, -0.2) is 72.1 Å². The Morgan fingerprint density at radius 1 is 1.11 bits per heavy atom. The summed E-state index contributed by atoms with van der Waals surface area (Å²) < 4.78 is 54.9. The zero-order chi connectivity index (χ0) is 31.7. The van der Waals surface area contributed by atoms with Crippen LogP contribution in [0.2, 0.25) is 0 Å². The van der Waals surface area contributed by atoms with Gasteiger partial charge in [0.15, 0.2) is 17.3 Å². The number of nitrogens with zero attached hydrogens (tertiary/aromatic N) is 5. The van der Waals surface area contributed by atoms with Crippen LogP contribution in [0, 0.1) is 17.0 Å². The number of phenolic OH excluding ortho intramolecular Hbond substituents is 1. The first-order chi connectivity index (χ1) is 20.9. The van der Waals surface area contributed by atoms with Gasteiger partial charge in [-0.15, -0.1) is 0 Å². The van der Waals surface area contributed by atoms with Gasteiger partial charge in [0.2, 0.25) is 16.7 Å². The zero-order valence-electron chi connectivity index (χ0n) is 22.6. The summed E-state index contributed by atoms with van der Waals surface area (Å²) in [5.41, 5.74) is 11.2. The number of carboxylic acids is 1. The van der Waals surface area contributed by atoms with Crippen molar-refractivity contribution in [3.8, 4) is 28.9 Å². The Kier molecular flexibility index (Phi) is 8.04. The van der Waals surface area contributed by atoms with E-state index in [9.17, 15) is 18.5 Å². The molecule has 3 heterocycles. The Morgan fingerprint density at radius 3 is 2.55 bits per heavy atom. The molecule has 0 radical (unpaired) electrons. The van der Waals surface area contributed by atoms with Crippen LogP contribution in [0.25, 0.3) is 0 Å². The third-order valence-corrected chi connectivity index (χ3v) is 7.46. The van der Waals surface area contributed by atoms with Crippen molar-refractivity contribution in [2.24, 2.45) is 10.7 Å². The number of phenols is 1. The highest BCUT2D eigenvalue weighted by molar-refractivity contribution is 7.85. The number of likely N-dealkylation sites (N-methyl/N-ethyl adjacent to an activating group) is 1. The molecule has 14 nitrogen and oxygen atoms in total. The van der Waals surface area contributed by atoms with Crippen molar-refractivity contribution in [3.63, 3.8) is 0 Å². The largest absolute Gasteiger partial charge is 0.504 e. The minimum Gasteiger partial charge on any atom is -0.504 e. The first-order valence-electron chi connectivity index (χ1n) is 12.5. The summed E-state index contributed by atoms with van der Waals surface area (Å²) in [5.74, 6) is -6.64. The van der Waals surface area contributed by atoms with Crippen LogP contribution in [0.3, 0.4) is 0 Å². The number of aliphatic imine (C=N–C) groups is 1. The molecule has 0 bridgehead atoms. The predicted molar refractivity (Wildman–Crippen MR) is 152 cm³/mol. The van der Waals surface area contributed by atoms with Gasteiger partial charge in [-0.05, 0) is 36.4 Å². The maximum absolute atomic E-state index is 15.6. The van der Waals surface area contributed by atoms with Gasteiger partial charge in [-0.2, -0.15) is 4.39 Å². The molecule has 4 aromatic rings. The first-order valence-corrected chi connectivity index (χ1v) is 13.6. The average molecular weight is 625 g/mol. The van der Waals surface area contributed by atoms with Crippen molar-refractivity contribution in [1.82, 2.24) is 19.9 Å². The fourth-order valence-electron chi connectivity index (χ4n) is 4.02. The molecule has 1 aliphatic rings. The number of pyridine rings is 1. The standard InChI is InChI=1S/C27H22F2N8O6S/c1-37-7-6-33-24(37)14-9-13(44(41)27-35-10-15(26(39)40)23(32)36-27)3-5-18(14)42-21-16(28)11-34-25(20(21)29)43-19-8-12(22(30)31)2-4-17(19)38/h2-5,8-11,38H,6-7H2,1H3,(H3,30,31)(H,39,40)(H2,32,35,36). The molecule has 0 saturated heterocycles. The molecule has 0 fully saturated rings. The quantitative estimate of drug-likeness (QED) is 0.103. The van der Waals surface area contributed by atoms with Crippen molar-refractivity contribution < 1.29 is 37.5 Å². The van der Waals surface area contributed by atoms with E-state index in [1.54, 1.807) is 11.9 Å². The number of rotatable bonds is 9. The van der Waals surface area contributed by atoms with Gasteiger partial charge in [0.05, 0.1) is 18.3 Å². The molecule has 226 valence electrons. The van der Waals surface area contributed by atoms with Crippen LogP contribution in [0.1, 0.15) is 21.5 Å². The Labute approximate surface area is 249 Å². The van der Waals surface area contributed by atoms with E-state index < -0.39 is 45.8 Å². The maximum atomic E-state index is 15.6. The number of carbonyl (C=O) groups is 1. The number of hydrogen-bond acceptors (Lipinski definition) is 12. The number of nitrogens with two attached hydrogens (primary N) is 2. The van der Waals surface area contributed by atoms with Gasteiger partial charge in [-0.3, -0.25) is 10.4 Å². The Bertz CT molecular complexity index is 1890.